The standard InChI is InChI=1S/C23H37O6.3CH3.Sn/c1-13(2)16-11-18-23(7,29-18)10-8-9-14(3)20(26)15(4)21(27)22(5,6)17(24)12-19(25)28-16;;;;/h1,14-18,20,24,26H,8-12H2,2-7H3;3*1H3;/t14?,15?,16-,17?,18-,20-,23+;;;;/m0..../s1. The first kappa shape index (κ1) is 28.8. The Morgan fingerprint density at radius 3 is 2.30 bits per heavy atom. The molecule has 2 N–H and O–H groups in total. The van der Waals surface area contributed by atoms with Gasteiger partial charge in [-0.1, -0.05) is 0 Å². The van der Waals surface area contributed by atoms with E-state index in [0.29, 0.717) is 6.42 Å². The predicted molar refractivity (Wildman–Crippen MR) is 132 cm³/mol. The van der Waals surface area contributed by atoms with Crippen molar-refractivity contribution in [3.63, 3.8) is 0 Å². The average Bonchev–Trinajstić information content (AvgIpc) is 3.32. The fraction of sp³-hybridized carbons (Fsp3) is 0.846. The van der Waals surface area contributed by atoms with Crippen molar-refractivity contribution in [1.29, 1.82) is 0 Å². The SMILES string of the molecule is C/C(=[CH]\[Sn]([CH3])([CH3])[CH3])[C@@H]1C[C@@H]2O[C@]2(C)CCCC(C)[C@H](O)C(C)C(=O)C(C)(C)C(O)CC(=O)O1. The molecule has 2 aliphatic rings. The van der Waals surface area contributed by atoms with Crippen LogP contribution in [0.4, 0.5) is 0 Å². The number of rotatable bonds is 2. The zero-order chi connectivity index (χ0) is 25.4. The summed E-state index contributed by atoms with van der Waals surface area (Å²) in [5, 5.41) is 21.6. The van der Waals surface area contributed by atoms with E-state index in [-0.39, 0.29) is 35.9 Å². The van der Waals surface area contributed by atoms with Crippen LogP contribution < -0.4 is 0 Å². The number of ether oxygens (including phenoxy) is 2. The summed E-state index contributed by atoms with van der Waals surface area (Å²) in [6.45, 7) is 11.1. The Labute approximate surface area is 204 Å². The summed E-state index contributed by atoms with van der Waals surface area (Å²) in [5.74, 6) is -1.43. The van der Waals surface area contributed by atoms with Crippen LogP contribution in [0.5, 0.6) is 0 Å². The molecule has 0 bridgehead atoms. The molecule has 7 heteroatoms. The van der Waals surface area contributed by atoms with Crippen LogP contribution in [-0.4, -0.2) is 70.4 Å². The molecule has 6 nitrogen and oxygen atoms in total. The topological polar surface area (TPSA) is 96.4 Å². The van der Waals surface area contributed by atoms with Crippen molar-refractivity contribution in [2.24, 2.45) is 17.3 Å². The van der Waals surface area contributed by atoms with Gasteiger partial charge < -0.3 is 0 Å². The van der Waals surface area contributed by atoms with Gasteiger partial charge >= 0.3 is 205 Å². The van der Waals surface area contributed by atoms with Gasteiger partial charge in [-0.15, -0.1) is 0 Å². The number of hydrogen-bond donors (Lipinski definition) is 2. The zero-order valence-corrected chi connectivity index (χ0v) is 25.0. The molecule has 0 saturated carbocycles. The first-order valence-electron chi connectivity index (χ1n) is 12.4. The minimum absolute atomic E-state index is 0.0174. The monoisotopic (exact) mass is 574 g/mol. The molecule has 0 aromatic carbocycles. The van der Waals surface area contributed by atoms with Crippen LogP contribution >= 0.6 is 0 Å². The quantitative estimate of drug-likeness (QED) is 0.289. The number of aliphatic hydroxyl groups is 2. The van der Waals surface area contributed by atoms with Crippen LogP contribution in [0.2, 0.25) is 14.8 Å². The van der Waals surface area contributed by atoms with Crippen molar-refractivity contribution in [3.05, 3.63) is 9.67 Å². The molecule has 0 radical (unpaired) electrons. The summed E-state index contributed by atoms with van der Waals surface area (Å²) in [4.78, 5) is 33.0. The Morgan fingerprint density at radius 1 is 1.12 bits per heavy atom. The molecule has 0 aromatic rings. The van der Waals surface area contributed by atoms with Crippen LogP contribution in [0.15, 0.2) is 9.67 Å². The van der Waals surface area contributed by atoms with Crippen molar-refractivity contribution in [2.75, 3.05) is 0 Å². The third-order valence-corrected chi connectivity index (χ3v) is 11.3. The molecule has 2 aliphatic heterocycles. The zero-order valence-electron chi connectivity index (χ0n) is 22.1. The number of hydrogen-bond acceptors (Lipinski definition) is 6. The van der Waals surface area contributed by atoms with Gasteiger partial charge in [0.25, 0.3) is 0 Å². The minimum atomic E-state index is -2.28. The number of Topliss-reactive ketones (excluding diaryl/α,β-unsaturated/α-hetero) is 1. The summed E-state index contributed by atoms with van der Waals surface area (Å²) in [6, 6.07) is 0. The summed E-state index contributed by atoms with van der Waals surface area (Å²) in [5.41, 5.74) is -0.363. The van der Waals surface area contributed by atoms with Gasteiger partial charge in [-0.3, -0.25) is 0 Å². The Bertz CT molecular complexity index is 754. The first-order valence-corrected chi connectivity index (χ1v) is 22.7. The van der Waals surface area contributed by atoms with Crippen molar-refractivity contribution in [1.82, 2.24) is 0 Å². The maximum absolute atomic E-state index is 13.2. The third-order valence-electron chi connectivity index (χ3n) is 7.58. The molecule has 2 heterocycles. The van der Waals surface area contributed by atoms with Gasteiger partial charge in [0.15, 0.2) is 0 Å². The molecule has 190 valence electrons. The number of aliphatic hydroxyl groups excluding tert-OH is 2. The molecular weight excluding hydrogens is 527 g/mol. The second-order valence-corrected chi connectivity index (χ2v) is 26.7. The van der Waals surface area contributed by atoms with E-state index < -0.39 is 47.9 Å². The molecule has 2 saturated heterocycles. The van der Waals surface area contributed by atoms with Crippen molar-refractivity contribution in [3.8, 4) is 0 Å². The van der Waals surface area contributed by atoms with Gasteiger partial charge in [0, 0.05) is 0 Å². The van der Waals surface area contributed by atoms with Gasteiger partial charge in [-0.2, -0.15) is 0 Å². The van der Waals surface area contributed by atoms with Gasteiger partial charge in [0.05, 0.1) is 0 Å². The Morgan fingerprint density at radius 2 is 1.73 bits per heavy atom. The van der Waals surface area contributed by atoms with Gasteiger partial charge in [-0.05, 0) is 0 Å². The van der Waals surface area contributed by atoms with E-state index in [4.69, 9.17) is 9.47 Å². The maximum atomic E-state index is 13.2. The fourth-order valence-electron chi connectivity index (χ4n) is 5.07. The molecule has 3 unspecified atom stereocenters. The van der Waals surface area contributed by atoms with E-state index >= 15 is 0 Å². The van der Waals surface area contributed by atoms with Crippen molar-refractivity contribution in [2.45, 2.75) is 118 Å². The predicted octanol–water partition coefficient (Wildman–Crippen LogP) is 4.43. The van der Waals surface area contributed by atoms with Crippen LogP contribution in [0.3, 0.4) is 0 Å². The van der Waals surface area contributed by atoms with E-state index in [9.17, 15) is 19.8 Å². The second kappa shape index (κ2) is 10.7. The van der Waals surface area contributed by atoms with Crippen LogP contribution in [-0.2, 0) is 19.1 Å². The van der Waals surface area contributed by atoms with E-state index in [2.05, 4.69) is 25.8 Å². The van der Waals surface area contributed by atoms with E-state index in [1.807, 2.05) is 13.8 Å². The van der Waals surface area contributed by atoms with Gasteiger partial charge in [0.1, 0.15) is 0 Å². The van der Waals surface area contributed by atoms with Gasteiger partial charge in [-0.25, -0.2) is 0 Å². The third kappa shape index (κ3) is 7.52. The fourth-order valence-corrected chi connectivity index (χ4v) is 9.50. The van der Waals surface area contributed by atoms with Crippen LogP contribution in [0.25, 0.3) is 0 Å². The number of carbonyl (C=O) groups is 2. The summed E-state index contributed by atoms with van der Waals surface area (Å²) in [7, 11) is 0. The number of esters is 1. The van der Waals surface area contributed by atoms with Crippen LogP contribution in [0.1, 0.15) is 73.6 Å². The average molecular weight is 573 g/mol. The molecular formula is C26H46O6Sn. The van der Waals surface area contributed by atoms with E-state index in [1.165, 1.54) is 0 Å². The normalized spacial score (nSPS) is 39.5. The molecule has 0 spiro atoms. The molecule has 7 atom stereocenters. The van der Waals surface area contributed by atoms with Crippen LogP contribution in [0, 0.1) is 17.3 Å². The number of fused-ring (bicyclic) bond motifs is 1. The molecule has 2 rings (SSSR count). The molecule has 0 aliphatic carbocycles. The van der Waals surface area contributed by atoms with Crippen molar-refractivity contribution < 1.29 is 29.3 Å². The summed E-state index contributed by atoms with van der Waals surface area (Å²) in [6.07, 6.45) is 0.519. The Balaban J connectivity index is 2.32. The second-order valence-electron chi connectivity index (χ2n) is 12.3. The molecule has 0 amide bonds. The number of epoxide rings is 1. The van der Waals surface area contributed by atoms with Gasteiger partial charge in [0.2, 0.25) is 0 Å². The number of cyclic esters (lactones) is 1. The Kier molecular flexibility index (Phi) is 9.31. The van der Waals surface area contributed by atoms with E-state index in [1.54, 1.807) is 20.8 Å². The van der Waals surface area contributed by atoms with E-state index in [0.717, 1.165) is 24.8 Å². The molecule has 33 heavy (non-hydrogen) atoms. The molecule has 2 fully saturated rings. The summed E-state index contributed by atoms with van der Waals surface area (Å²) < 4.78 is 14.3. The number of ketones is 1. The van der Waals surface area contributed by atoms with Crippen molar-refractivity contribution >= 4 is 30.1 Å². The summed E-state index contributed by atoms with van der Waals surface area (Å²) >= 11 is -2.28. The molecule has 0 aromatic heterocycles. The number of carbonyl (C=O) groups excluding carboxylic acids is 2. The first-order chi connectivity index (χ1) is 15.0. The Hall–Kier alpha value is -0.441.